The van der Waals surface area contributed by atoms with Gasteiger partial charge in [-0.25, -0.2) is 18.0 Å². The van der Waals surface area contributed by atoms with Gasteiger partial charge in [0.15, 0.2) is 0 Å². The van der Waals surface area contributed by atoms with Gasteiger partial charge in [-0.05, 0) is 42.8 Å². The Morgan fingerprint density at radius 2 is 1.67 bits per heavy atom. The maximum absolute atomic E-state index is 13.1. The van der Waals surface area contributed by atoms with E-state index in [9.17, 15) is 41.1 Å². The number of carbonyl (C=O) groups is 2. The van der Waals surface area contributed by atoms with Gasteiger partial charge in [0.25, 0.3) is 25.8 Å². The van der Waals surface area contributed by atoms with Crippen LogP contribution in [0.25, 0.3) is 0 Å². The summed E-state index contributed by atoms with van der Waals surface area (Å²) in [6.45, 7) is 1.37. The fourth-order valence-corrected chi connectivity index (χ4v) is 5.18. The predicted molar refractivity (Wildman–Crippen MR) is 137 cm³/mol. The number of allylic oxidation sites excluding steroid dienone is 2. The summed E-state index contributed by atoms with van der Waals surface area (Å²) in [6.07, 6.45) is 5.31. The lowest BCUT2D eigenvalue weighted by Crippen LogP contribution is -2.28. The summed E-state index contributed by atoms with van der Waals surface area (Å²) in [4.78, 5) is 35.3. The Hall–Kier alpha value is -4.54. The number of sulfonamides is 1. The van der Waals surface area contributed by atoms with Gasteiger partial charge in [-0.3, -0.25) is 19.4 Å². The second-order valence-corrected chi connectivity index (χ2v) is 10.9. The molecule has 1 aliphatic heterocycles. The van der Waals surface area contributed by atoms with Crippen molar-refractivity contribution in [3.63, 3.8) is 0 Å². The van der Waals surface area contributed by atoms with E-state index in [0.717, 1.165) is 55.5 Å². The van der Waals surface area contributed by atoms with Gasteiger partial charge in [0.2, 0.25) is 0 Å². The van der Waals surface area contributed by atoms with Crippen LogP contribution in [0.3, 0.4) is 0 Å². The first-order valence-corrected chi connectivity index (χ1v) is 13.6. The maximum atomic E-state index is 13.1. The number of benzene rings is 2. The minimum Gasteiger partial charge on any atom is -0.465 e. The number of nitro groups is 1. The highest BCUT2D eigenvalue weighted by Crippen LogP contribution is 2.36. The summed E-state index contributed by atoms with van der Waals surface area (Å²) in [5.41, 5.74) is -1.66. The molecular formula is C23H21N3O11S2. The summed E-state index contributed by atoms with van der Waals surface area (Å²) >= 11 is 0. The summed E-state index contributed by atoms with van der Waals surface area (Å²) < 4.78 is 72.0. The number of hydrogen-bond donors (Lipinski definition) is 2. The van der Waals surface area contributed by atoms with E-state index in [2.05, 4.69) is 4.72 Å². The van der Waals surface area contributed by atoms with Crippen molar-refractivity contribution in [1.29, 1.82) is 0 Å². The monoisotopic (exact) mass is 579 g/mol. The number of rotatable bonds is 8. The zero-order valence-corrected chi connectivity index (χ0v) is 22.1. The van der Waals surface area contributed by atoms with Crippen LogP contribution in [0.4, 0.5) is 17.1 Å². The van der Waals surface area contributed by atoms with Gasteiger partial charge in [0.05, 0.1) is 45.9 Å². The minimum absolute atomic E-state index is 0.0357. The van der Waals surface area contributed by atoms with E-state index >= 15 is 0 Å². The van der Waals surface area contributed by atoms with Crippen LogP contribution in [0.2, 0.25) is 0 Å². The van der Waals surface area contributed by atoms with E-state index in [1.54, 1.807) is 0 Å². The first-order chi connectivity index (χ1) is 18.2. The molecule has 0 atom stereocenters. The summed E-state index contributed by atoms with van der Waals surface area (Å²) in [5.74, 6) is -1.96. The van der Waals surface area contributed by atoms with E-state index in [1.807, 2.05) is 0 Å². The Kier molecular flexibility index (Phi) is 8.23. The average Bonchev–Trinajstić information content (AvgIpc) is 3.11. The number of esters is 2. The van der Waals surface area contributed by atoms with Gasteiger partial charge in [-0.1, -0.05) is 12.1 Å². The van der Waals surface area contributed by atoms with Gasteiger partial charge >= 0.3 is 11.9 Å². The van der Waals surface area contributed by atoms with Gasteiger partial charge in [0.1, 0.15) is 5.70 Å². The predicted octanol–water partition coefficient (Wildman–Crippen LogP) is 2.44. The number of non-ortho nitro benzene ring substituents is 1. The van der Waals surface area contributed by atoms with Crippen LogP contribution in [-0.4, -0.2) is 52.5 Å². The Balaban J connectivity index is 2.29. The molecular weight excluding hydrogens is 558 g/mol. The number of nitrogens with one attached hydrogen (secondary N) is 1. The van der Waals surface area contributed by atoms with Crippen LogP contribution < -0.4 is 9.62 Å². The Morgan fingerprint density at radius 1 is 1.00 bits per heavy atom. The average molecular weight is 580 g/mol. The lowest BCUT2D eigenvalue weighted by atomic mass is 10.1. The molecule has 1 heterocycles. The largest absolute Gasteiger partial charge is 0.465 e. The Labute approximate surface area is 222 Å². The smallest absolute Gasteiger partial charge is 0.355 e. The summed E-state index contributed by atoms with van der Waals surface area (Å²) in [6, 6.07) is 5.89. The summed E-state index contributed by atoms with van der Waals surface area (Å²) in [7, 11) is -7.35. The van der Waals surface area contributed by atoms with Crippen LogP contribution in [-0.2, 0) is 39.2 Å². The fraction of sp³-hybridized carbons (Fsp3) is 0.130. The molecule has 0 spiro atoms. The molecule has 3 rings (SSSR count). The SMILES string of the molecule is COC(=O)C1=C(C(=O)OC)N(c2cc(S(=O)(=O)O)cc(NS(=O)(=O)c3cccc([N+](=O)[O-])c3)c2C)C=CC=C1. The number of carbonyl (C=O) groups excluding carboxylic acids is 2. The van der Waals surface area contributed by atoms with Gasteiger partial charge in [-0.15, -0.1) is 0 Å². The molecule has 1 aliphatic rings. The van der Waals surface area contributed by atoms with Crippen molar-refractivity contribution < 1.29 is 45.4 Å². The van der Waals surface area contributed by atoms with Crippen LogP contribution in [0.15, 0.2) is 81.9 Å². The minimum atomic E-state index is -4.94. The molecule has 16 heteroatoms. The number of methoxy groups -OCH3 is 2. The van der Waals surface area contributed by atoms with E-state index in [1.165, 1.54) is 31.4 Å². The Morgan fingerprint density at radius 3 is 2.26 bits per heavy atom. The van der Waals surface area contributed by atoms with Crippen molar-refractivity contribution in [1.82, 2.24) is 0 Å². The number of hydrogen-bond acceptors (Lipinski definition) is 11. The number of anilines is 2. The van der Waals surface area contributed by atoms with E-state index in [0.29, 0.717) is 0 Å². The van der Waals surface area contributed by atoms with Crippen molar-refractivity contribution >= 4 is 49.1 Å². The lowest BCUT2D eigenvalue weighted by molar-refractivity contribution is -0.385. The quantitative estimate of drug-likeness (QED) is 0.201. The highest BCUT2D eigenvalue weighted by molar-refractivity contribution is 7.92. The van der Waals surface area contributed by atoms with Crippen LogP contribution >= 0.6 is 0 Å². The third-order valence-electron chi connectivity index (χ3n) is 5.38. The highest BCUT2D eigenvalue weighted by atomic mass is 32.2. The number of nitro benzene ring substituents is 1. The Bertz CT molecular complexity index is 1670. The molecule has 0 fully saturated rings. The molecule has 2 N–H and O–H groups in total. The zero-order valence-electron chi connectivity index (χ0n) is 20.5. The molecule has 0 saturated carbocycles. The van der Waals surface area contributed by atoms with Crippen LogP contribution in [0.1, 0.15) is 5.56 Å². The second kappa shape index (κ2) is 11.1. The van der Waals surface area contributed by atoms with Crippen molar-refractivity contribution in [2.75, 3.05) is 23.8 Å². The second-order valence-electron chi connectivity index (χ2n) is 7.77. The van der Waals surface area contributed by atoms with Gasteiger partial charge in [0, 0.05) is 18.3 Å². The van der Waals surface area contributed by atoms with E-state index in [-0.39, 0.29) is 22.5 Å². The third kappa shape index (κ3) is 6.14. The van der Waals surface area contributed by atoms with Crippen LogP contribution in [0, 0.1) is 17.0 Å². The third-order valence-corrected chi connectivity index (χ3v) is 7.58. The molecule has 2 aromatic carbocycles. The molecule has 0 aromatic heterocycles. The first-order valence-electron chi connectivity index (χ1n) is 10.7. The molecule has 0 amide bonds. The molecule has 14 nitrogen and oxygen atoms in total. The molecule has 39 heavy (non-hydrogen) atoms. The molecule has 2 aromatic rings. The molecule has 0 saturated heterocycles. The van der Waals surface area contributed by atoms with Crippen molar-refractivity contribution in [2.24, 2.45) is 0 Å². The van der Waals surface area contributed by atoms with E-state index in [4.69, 9.17) is 9.47 Å². The van der Waals surface area contributed by atoms with Crippen molar-refractivity contribution in [2.45, 2.75) is 16.7 Å². The zero-order chi connectivity index (χ0) is 29.1. The first kappa shape index (κ1) is 29.0. The van der Waals surface area contributed by atoms with Crippen molar-refractivity contribution in [3.8, 4) is 0 Å². The molecule has 0 radical (unpaired) electrons. The molecule has 0 aliphatic carbocycles. The molecule has 0 unspecified atom stereocenters. The van der Waals surface area contributed by atoms with Crippen molar-refractivity contribution in [3.05, 3.63) is 87.8 Å². The molecule has 206 valence electrons. The number of ether oxygens (including phenoxy) is 2. The lowest BCUT2D eigenvalue weighted by Gasteiger charge is -2.26. The standard InChI is InChI=1S/C23H21N3O11S2/c1-14-19(24-38(31,32)16-8-6-7-15(11-16)26(29)30)12-17(39(33,34)35)13-20(14)25-10-5-4-9-18(22(27)36-2)21(25)23(28)37-3/h4-13,24H,1-3H3,(H,33,34,35). The van der Waals surface area contributed by atoms with Gasteiger partial charge < -0.3 is 14.4 Å². The van der Waals surface area contributed by atoms with E-state index < -0.39 is 58.2 Å². The summed E-state index contributed by atoms with van der Waals surface area (Å²) in [5, 5.41) is 11.1. The topological polar surface area (TPSA) is 200 Å². The van der Waals surface area contributed by atoms with Crippen LogP contribution in [0.5, 0.6) is 0 Å². The fourth-order valence-electron chi connectivity index (χ4n) is 3.50. The highest BCUT2D eigenvalue weighted by Gasteiger charge is 2.30. The number of nitrogens with zero attached hydrogens (tertiary/aromatic N) is 2. The maximum Gasteiger partial charge on any atom is 0.355 e. The molecule has 0 bridgehead atoms. The normalized spacial score (nSPS) is 13.6. The van der Waals surface area contributed by atoms with Gasteiger partial charge in [-0.2, -0.15) is 8.42 Å².